The van der Waals surface area contributed by atoms with Gasteiger partial charge in [-0.2, -0.15) is 0 Å². The third kappa shape index (κ3) is 5.32. The first-order valence-electron chi connectivity index (χ1n) is 8.94. The molecule has 0 atom stereocenters. The van der Waals surface area contributed by atoms with Crippen LogP contribution in [-0.4, -0.2) is 44.6 Å². The summed E-state index contributed by atoms with van der Waals surface area (Å²) in [5, 5.41) is 20.3. The molecule has 0 saturated heterocycles. The number of hydrogen-bond donors (Lipinski definition) is 3. The molecule has 8 nitrogen and oxygen atoms in total. The second-order valence-electron chi connectivity index (χ2n) is 6.37. The summed E-state index contributed by atoms with van der Waals surface area (Å²) in [6.07, 6.45) is -0.414. The van der Waals surface area contributed by atoms with Crippen LogP contribution in [0.1, 0.15) is 6.92 Å². The molecule has 0 bridgehead atoms. The summed E-state index contributed by atoms with van der Waals surface area (Å²) in [6, 6.07) is 14.5. The van der Waals surface area contributed by atoms with Crippen LogP contribution in [0.15, 0.2) is 59.5 Å². The number of anilines is 2. The molecule has 9 heteroatoms. The summed E-state index contributed by atoms with van der Waals surface area (Å²) >= 11 is 0. The fraction of sp³-hybridized carbons (Fsp3) is 0.190. The highest BCUT2D eigenvalue weighted by Gasteiger charge is 2.12. The molecule has 0 aromatic heterocycles. The molecule has 0 aliphatic heterocycles. The lowest BCUT2D eigenvalue weighted by Crippen LogP contribution is -2.25. The van der Waals surface area contributed by atoms with Gasteiger partial charge in [0.1, 0.15) is 11.5 Å². The highest BCUT2D eigenvalue weighted by atomic mass is 32.2. The van der Waals surface area contributed by atoms with Gasteiger partial charge >= 0.3 is 6.09 Å². The normalized spacial score (nSPS) is 10.8. The molecule has 0 radical (unpaired) electrons. The minimum atomic E-state index is -3.23. The Morgan fingerprint density at radius 1 is 1.03 bits per heavy atom. The molecule has 3 aromatic rings. The number of fused-ring (bicyclic) bond motifs is 1. The smallest absolute Gasteiger partial charge is 0.413 e. The van der Waals surface area contributed by atoms with Gasteiger partial charge in [-0.1, -0.05) is 19.1 Å². The molecule has 0 saturated carbocycles. The van der Waals surface area contributed by atoms with Crippen molar-refractivity contribution in [3.63, 3.8) is 0 Å². The molecule has 4 N–H and O–H groups in total. The third-order valence-electron chi connectivity index (χ3n) is 4.38. The number of aromatic hydroxyl groups is 2. The van der Waals surface area contributed by atoms with Crippen LogP contribution in [-0.2, 0) is 14.6 Å². The van der Waals surface area contributed by atoms with E-state index in [9.17, 15) is 18.3 Å². The number of benzene rings is 3. The van der Waals surface area contributed by atoms with Gasteiger partial charge in [0.2, 0.25) is 0 Å². The Labute approximate surface area is 175 Å². The number of nitrogens with zero attached hydrogens (tertiary/aromatic N) is 1. The minimum Gasteiger partial charge on any atom is -0.508 e. The Hall–Kier alpha value is -3.46. The lowest BCUT2D eigenvalue weighted by Gasteiger charge is -2.16. The van der Waals surface area contributed by atoms with Gasteiger partial charge in [-0.25, -0.2) is 13.2 Å². The monoisotopic (exact) mass is 432 g/mol. The van der Waals surface area contributed by atoms with Crippen molar-refractivity contribution in [3.8, 4) is 11.5 Å². The molecular formula is C21H24N2O6S. The van der Waals surface area contributed by atoms with E-state index < -0.39 is 15.9 Å². The van der Waals surface area contributed by atoms with Gasteiger partial charge in [0.15, 0.2) is 9.84 Å². The number of hydrogen-bond acceptors (Lipinski definition) is 7. The van der Waals surface area contributed by atoms with Gasteiger partial charge in [-0.15, -0.1) is 0 Å². The Kier molecular flexibility index (Phi) is 7.12. The van der Waals surface area contributed by atoms with E-state index in [1.165, 1.54) is 30.2 Å². The van der Waals surface area contributed by atoms with E-state index in [2.05, 4.69) is 4.74 Å². The molecule has 3 aromatic carbocycles. The maximum atomic E-state index is 11.4. The average Bonchev–Trinajstić information content (AvgIpc) is 2.74. The Balaban J connectivity index is 0.000000222. The zero-order valence-electron chi connectivity index (χ0n) is 16.9. The maximum Gasteiger partial charge on any atom is 0.413 e. The predicted molar refractivity (Wildman–Crippen MR) is 117 cm³/mol. The molecule has 0 aliphatic rings. The van der Waals surface area contributed by atoms with E-state index in [0.717, 1.165) is 16.5 Å². The van der Waals surface area contributed by atoms with Gasteiger partial charge in [0.25, 0.3) is 0 Å². The quantitative estimate of drug-likeness (QED) is 0.426. The molecular weight excluding hydrogens is 408 g/mol. The van der Waals surface area contributed by atoms with Crippen molar-refractivity contribution in [1.29, 1.82) is 0 Å². The summed E-state index contributed by atoms with van der Waals surface area (Å²) in [5.74, 6) is 0.152. The first-order chi connectivity index (χ1) is 14.1. The van der Waals surface area contributed by atoms with Gasteiger partial charge in [0.05, 0.1) is 23.4 Å². The van der Waals surface area contributed by atoms with Crippen molar-refractivity contribution in [3.05, 3.63) is 54.6 Å². The SMILES string of the molecule is CCS(=O)(=O)c1ccc(O)c(N)c1.COC(=O)N(C)c1ccc2cc(O)ccc2c1. The Morgan fingerprint density at radius 2 is 1.67 bits per heavy atom. The third-order valence-corrected chi connectivity index (χ3v) is 6.11. The summed E-state index contributed by atoms with van der Waals surface area (Å²) in [4.78, 5) is 12.9. The van der Waals surface area contributed by atoms with Crippen molar-refractivity contribution in [1.82, 2.24) is 0 Å². The number of carbonyl (C=O) groups is 1. The number of carbonyl (C=O) groups excluding carboxylic acids is 1. The standard InChI is InChI=1S/C13H13NO3.C8H11NO3S/c1-14(13(16)17-2)11-5-3-10-8-12(15)6-4-9(10)7-11;1-2-13(11,12)6-3-4-8(10)7(9)5-6/h3-8,15H,1-2H3;3-5,10H,2,9H2,1H3. The van der Waals surface area contributed by atoms with E-state index in [1.807, 2.05) is 12.1 Å². The van der Waals surface area contributed by atoms with Gasteiger partial charge in [-0.05, 0) is 53.2 Å². The van der Waals surface area contributed by atoms with E-state index in [4.69, 9.17) is 10.8 Å². The van der Waals surface area contributed by atoms with Crippen LogP contribution in [0.4, 0.5) is 16.2 Å². The van der Waals surface area contributed by atoms with Crippen LogP contribution < -0.4 is 10.6 Å². The number of phenolic OH excluding ortho intramolecular Hbond substituents is 2. The van der Waals surface area contributed by atoms with Gasteiger partial charge in [0, 0.05) is 12.7 Å². The number of methoxy groups -OCH3 is 1. The fourth-order valence-electron chi connectivity index (χ4n) is 2.56. The van der Waals surface area contributed by atoms with Crippen molar-refractivity contribution >= 4 is 38.1 Å². The summed E-state index contributed by atoms with van der Waals surface area (Å²) < 4.78 is 27.3. The van der Waals surface area contributed by atoms with Crippen LogP contribution in [0.25, 0.3) is 10.8 Å². The molecule has 0 aliphatic carbocycles. The lowest BCUT2D eigenvalue weighted by atomic mass is 10.1. The molecule has 0 spiro atoms. The zero-order chi connectivity index (χ0) is 22.5. The number of sulfone groups is 1. The average molecular weight is 432 g/mol. The van der Waals surface area contributed by atoms with E-state index in [-0.39, 0.29) is 27.8 Å². The fourth-order valence-corrected chi connectivity index (χ4v) is 3.48. The van der Waals surface area contributed by atoms with Crippen molar-refractivity contribution in [2.45, 2.75) is 11.8 Å². The molecule has 3 rings (SSSR count). The van der Waals surface area contributed by atoms with Crippen molar-refractivity contribution in [2.24, 2.45) is 0 Å². The second kappa shape index (κ2) is 9.36. The van der Waals surface area contributed by atoms with E-state index in [1.54, 1.807) is 38.2 Å². The molecule has 1 amide bonds. The number of nitrogen functional groups attached to an aromatic ring is 1. The van der Waals surface area contributed by atoms with Crippen LogP contribution in [0, 0.1) is 0 Å². The Bertz CT molecular complexity index is 1160. The van der Waals surface area contributed by atoms with Gasteiger partial charge in [-0.3, -0.25) is 4.90 Å². The first kappa shape index (κ1) is 22.8. The largest absolute Gasteiger partial charge is 0.508 e. The molecule has 0 fully saturated rings. The van der Waals surface area contributed by atoms with Crippen LogP contribution >= 0.6 is 0 Å². The van der Waals surface area contributed by atoms with E-state index in [0.29, 0.717) is 0 Å². The molecule has 30 heavy (non-hydrogen) atoms. The first-order valence-corrected chi connectivity index (χ1v) is 10.6. The second-order valence-corrected chi connectivity index (χ2v) is 8.65. The van der Waals surface area contributed by atoms with Gasteiger partial charge < -0.3 is 20.7 Å². The molecule has 0 heterocycles. The number of phenols is 2. The maximum absolute atomic E-state index is 11.4. The number of rotatable bonds is 3. The number of nitrogens with two attached hydrogens (primary N) is 1. The highest BCUT2D eigenvalue weighted by molar-refractivity contribution is 7.91. The predicted octanol–water partition coefficient (Wildman–Crippen LogP) is 3.52. The van der Waals surface area contributed by atoms with Crippen molar-refractivity contribution < 1.29 is 28.2 Å². The van der Waals surface area contributed by atoms with Crippen molar-refractivity contribution in [2.75, 3.05) is 30.5 Å². The number of amides is 1. The number of ether oxygens (including phenoxy) is 1. The summed E-state index contributed by atoms with van der Waals surface area (Å²) in [6.45, 7) is 1.55. The highest BCUT2D eigenvalue weighted by Crippen LogP contribution is 2.25. The Morgan fingerprint density at radius 3 is 2.27 bits per heavy atom. The topological polar surface area (TPSA) is 130 Å². The van der Waals surface area contributed by atoms with Crippen LogP contribution in [0.2, 0.25) is 0 Å². The summed E-state index contributed by atoms with van der Waals surface area (Å²) in [5.41, 5.74) is 6.18. The molecule has 0 unspecified atom stereocenters. The molecule has 160 valence electrons. The minimum absolute atomic E-state index is 0.0250. The van der Waals surface area contributed by atoms with Crippen LogP contribution in [0.5, 0.6) is 11.5 Å². The summed E-state index contributed by atoms with van der Waals surface area (Å²) in [7, 11) is -0.237. The zero-order valence-corrected chi connectivity index (χ0v) is 17.7. The lowest BCUT2D eigenvalue weighted by molar-refractivity contribution is 0.180. The van der Waals surface area contributed by atoms with E-state index >= 15 is 0 Å². The van der Waals surface area contributed by atoms with Crippen LogP contribution in [0.3, 0.4) is 0 Å².